The van der Waals surface area contributed by atoms with Crippen LogP contribution in [0.25, 0.3) is 0 Å². The number of nitrogens with zero attached hydrogens (tertiary/aromatic N) is 1. The molecule has 0 aliphatic carbocycles. The molecular weight excluding hydrogens is 278 g/mol. The maximum atomic E-state index is 11.8. The van der Waals surface area contributed by atoms with E-state index in [9.17, 15) is 4.79 Å². The summed E-state index contributed by atoms with van der Waals surface area (Å²) >= 11 is 0. The van der Waals surface area contributed by atoms with Crippen molar-refractivity contribution in [1.82, 2.24) is 4.90 Å². The molecule has 0 bridgehead atoms. The monoisotopic (exact) mass is 299 g/mol. The van der Waals surface area contributed by atoms with Crippen molar-refractivity contribution >= 4 is 5.97 Å². The Kier molecular flexibility index (Phi) is 4.59. The molecule has 4 heteroatoms. The molecule has 4 nitrogen and oxygen atoms in total. The minimum Gasteiger partial charge on any atom is -0.468 e. The highest BCUT2D eigenvalue weighted by Crippen LogP contribution is 2.35. The Morgan fingerprint density at radius 1 is 1.23 bits per heavy atom. The molecule has 2 atom stereocenters. The van der Waals surface area contributed by atoms with Crippen LogP contribution in [0.1, 0.15) is 43.2 Å². The average molecular weight is 299 g/mol. The number of hydrogen-bond donors (Lipinski definition) is 0. The summed E-state index contributed by atoms with van der Waals surface area (Å²) in [5.74, 6) is 0.748. The highest BCUT2D eigenvalue weighted by molar-refractivity contribution is 5.72. The smallest absolute Gasteiger partial charge is 0.320 e. The first-order valence-corrected chi connectivity index (χ1v) is 7.79. The zero-order chi connectivity index (χ0) is 15.4. The number of carbonyl (C=O) groups is 1. The molecule has 1 saturated heterocycles. The van der Waals surface area contributed by atoms with E-state index < -0.39 is 0 Å². The van der Waals surface area contributed by atoms with Gasteiger partial charge in [0, 0.05) is 0 Å². The van der Waals surface area contributed by atoms with Crippen LogP contribution in [0.3, 0.4) is 0 Å². The Hall–Kier alpha value is -2.07. The third-order valence-corrected chi connectivity index (χ3v) is 4.13. The summed E-state index contributed by atoms with van der Waals surface area (Å²) in [5, 5.41) is 0. The first-order chi connectivity index (χ1) is 10.8. The third kappa shape index (κ3) is 3.07. The Bertz CT molecular complexity index is 592. The highest BCUT2D eigenvalue weighted by Gasteiger charge is 2.35. The number of carbonyl (C=O) groups excluding carboxylic acids is 1. The quantitative estimate of drug-likeness (QED) is 0.789. The van der Waals surface area contributed by atoms with Gasteiger partial charge in [0.25, 0.3) is 0 Å². The minimum atomic E-state index is -0.167. The van der Waals surface area contributed by atoms with E-state index in [-0.39, 0.29) is 18.1 Å². The van der Waals surface area contributed by atoms with E-state index in [1.54, 1.807) is 6.26 Å². The van der Waals surface area contributed by atoms with Crippen molar-refractivity contribution < 1.29 is 13.9 Å². The van der Waals surface area contributed by atoms with Gasteiger partial charge >= 0.3 is 5.97 Å². The number of furan rings is 1. The predicted octanol–water partition coefficient (Wildman–Crippen LogP) is 3.72. The van der Waals surface area contributed by atoms with Crippen LogP contribution in [0.4, 0.5) is 0 Å². The number of morpholine rings is 1. The summed E-state index contributed by atoms with van der Waals surface area (Å²) < 4.78 is 10.9. The van der Waals surface area contributed by atoms with E-state index in [2.05, 4.69) is 24.0 Å². The number of cyclic esters (lactones) is 1. The van der Waals surface area contributed by atoms with Crippen LogP contribution < -0.4 is 0 Å². The molecule has 3 rings (SSSR count). The van der Waals surface area contributed by atoms with Crippen LogP contribution in [-0.2, 0) is 9.53 Å². The largest absolute Gasteiger partial charge is 0.468 e. The van der Waals surface area contributed by atoms with Crippen molar-refractivity contribution in [2.24, 2.45) is 0 Å². The van der Waals surface area contributed by atoms with Gasteiger partial charge in [0.2, 0.25) is 0 Å². The van der Waals surface area contributed by atoms with Crippen LogP contribution in [-0.4, -0.2) is 24.0 Å². The molecule has 1 aliphatic heterocycles. The molecule has 0 unspecified atom stereocenters. The lowest BCUT2D eigenvalue weighted by atomic mass is 9.99. The van der Waals surface area contributed by atoms with Gasteiger partial charge in [-0.25, -0.2) is 0 Å². The van der Waals surface area contributed by atoms with E-state index in [1.165, 1.54) is 5.56 Å². The molecule has 0 saturated carbocycles. The maximum absolute atomic E-state index is 11.8. The van der Waals surface area contributed by atoms with E-state index in [4.69, 9.17) is 9.15 Å². The van der Waals surface area contributed by atoms with E-state index >= 15 is 0 Å². The summed E-state index contributed by atoms with van der Waals surface area (Å²) in [4.78, 5) is 14.0. The molecule has 1 aromatic carbocycles. The summed E-state index contributed by atoms with van der Waals surface area (Å²) in [6.45, 7) is 2.84. The van der Waals surface area contributed by atoms with Crippen molar-refractivity contribution in [1.29, 1.82) is 0 Å². The molecule has 0 amide bonds. The number of rotatable bonds is 5. The third-order valence-electron chi connectivity index (χ3n) is 4.13. The molecule has 0 spiro atoms. The van der Waals surface area contributed by atoms with Crippen LogP contribution in [0.15, 0.2) is 53.1 Å². The van der Waals surface area contributed by atoms with Crippen molar-refractivity contribution in [3.8, 4) is 0 Å². The summed E-state index contributed by atoms with van der Waals surface area (Å²) in [5.41, 5.74) is 1.17. The highest BCUT2D eigenvalue weighted by atomic mass is 16.5. The fraction of sp³-hybridized carbons (Fsp3) is 0.389. The molecule has 0 N–H and O–H groups in total. The number of benzene rings is 1. The molecule has 1 fully saturated rings. The molecular formula is C18H21NO3. The van der Waals surface area contributed by atoms with Gasteiger partial charge < -0.3 is 9.15 Å². The molecule has 1 aromatic heterocycles. The zero-order valence-electron chi connectivity index (χ0n) is 12.8. The zero-order valence-corrected chi connectivity index (χ0v) is 12.8. The van der Waals surface area contributed by atoms with Gasteiger partial charge in [-0.1, -0.05) is 43.7 Å². The van der Waals surface area contributed by atoms with E-state index in [1.807, 2.05) is 30.3 Å². The van der Waals surface area contributed by atoms with E-state index in [0.717, 1.165) is 18.6 Å². The van der Waals surface area contributed by atoms with Crippen LogP contribution in [0.2, 0.25) is 0 Å². The normalized spacial score (nSPS) is 20.6. The second-order valence-corrected chi connectivity index (χ2v) is 5.60. The molecule has 2 aromatic rings. The van der Waals surface area contributed by atoms with Crippen molar-refractivity contribution in [3.63, 3.8) is 0 Å². The van der Waals surface area contributed by atoms with Gasteiger partial charge in [-0.3, -0.25) is 9.69 Å². The Balaban J connectivity index is 1.93. The summed E-state index contributed by atoms with van der Waals surface area (Å²) in [7, 11) is 0. The second-order valence-electron chi connectivity index (χ2n) is 5.60. The SMILES string of the molecule is CCC[C@H](c1ccco1)N1CC(=O)OC[C@@H]1c1ccccc1. The van der Waals surface area contributed by atoms with Gasteiger partial charge in [0.05, 0.1) is 24.9 Å². The van der Waals surface area contributed by atoms with Crippen LogP contribution in [0.5, 0.6) is 0 Å². The standard InChI is InChI=1S/C18H21NO3/c1-2-7-15(17-10-6-11-21-17)19-12-18(20)22-13-16(19)14-8-4-3-5-9-14/h3-6,8-11,15-16H,2,7,12-13H2,1H3/t15-,16-/m1/s1. The number of hydrogen-bond acceptors (Lipinski definition) is 4. The lowest BCUT2D eigenvalue weighted by Crippen LogP contribution is -2.44. The molecule has 1 aliphatic rings. The van der Waals surface area contributed by atoms with Gasteiger partial charge in [0.1, 0.15) is 12.4 Å². The topological polar surface area (TPSA) is 42.7 Å². The fourth-order valence-electron chi connectivity index (χ4n) is 3.09. The summed E-state index contributed by atoms with van der Waals surface area (Å²) in [6, 6.07) is 14.3. The Labute approximate surface area is 130 Å². The maximum Gasteiger partial charge on any atom is 0.320 e. The molecule has 116 valence electrons. The van der Waals surface area contributed by atoms with Crippen LogP contribution >= 0.6 is 0 Å². The Morgan fingerprint density at radius 2 is 2.05 bits per heavy atom. The molecule has 2 heterocycles. The minimum absolute atomic E-state index is 0.0700. The van der Waals surface area contributed by atoms with Crippen LogP contribution in [0, 0.1) is 0 Å². The predicted molar refractivity (Wildman–Crippen MR) is 83.2 cm³/mol. The van der Waals surface area contributed by atoms with Gasteiger partial charge in [-0.2, -0.15) is 0 Å². The van der Waals surface area contributed by atoms with Gasteiger partial charge in [-0.05, 0) is 24.1 Å². The van der Waals surface area contributed by atoms with Gasteiger partial charge in [-0.15, -0.1) is 0 Å². The Morgan fingerprint density at radius 3 is 2.73 bits per heavy atom. The van der Waals surface area contributed by atoms with Crippen molar-refractivity contribution in [3.05, 3.63) is 60.1 Å². The lowest BCUT2D eigenvalue weighted by Gasteiger charge is -2.39. The number of esters is 1. The van der Waals surface area contributed by atoms with Gasteiger partial charge in [0.15, 0.2) is 0 Å². The molecule has 22 heavy (non-hydrogen) atoms. The number of ether oxygens (including phenoxy) is 1. The van der Waals surface area contributed by atoms with Crippen molar-refractivity contribution in [2.75, 3.05) is 13.2 Å². The fourth-order valence-corrected chi connectivity index (χ4v) is 3.09. The van der Waals surface area contributed by atoms with Crippen molar-refractivity contribution in [2.45, 2.75) is 31.8 Å². The van der Waals surface area contributed by atoms with E-state index in [0.29, 0.717) is 13.2 Å². The summed E-state index contributed by atoms with van der Waals surface area (Å²) in [6.07, 6.45) is 3.67. The first-order valence-electron chi connectivity index (χ1n) is 7.79. The average Bonchev–Trinajstić information content (AvgIpc) is 3.07. The first kappa shape index (κ1) is 14.9. The molecule has 0 radical (unpaired) electrons. The lowest BCUT2D eigenvalue weighted by molar-refractivity contribution is -0.157. The second kappa shape index (κ2) is 6.79.